The van der Waals surface area contributed by atoms with Crippen molar-refractivity contribution in [3.63, 3.8) is 0 Å². The van der Waals surface area contributed by atoms with Crippen molar-refractivity contribution >= 4 is 22.0 Å². The molecule has 0 unspecified atom stereocenters. The molecule has 16 heavy (non-hydrogen) atoms. The van der Waals surface area contributed by atoms with Crippen LogP contribution in [-0.4, -0.2) is 35.8 Å². The summed E-state index contributed by atoms with van der Waals surface area (Å²) in [4.78, 5) is 11.5. The van der Waals surface area contributed by atoms with E-state index in [2.05, 4.69) is 21.2 Å². The maximum absolute atomic E-state index is 11.5. The van der Waals surface area contributed by atoms with Crippen LogP contribution in [0.3, 0.4) is 0 Å². The van der Waals surface area contributed by atoms with E-state index < -0.39 is 11.7 Å². The van der Waals surface area contributed by atoms with Crippen molar-refractivity contribution in [3.8, 4) is 0 Å². The number of ether oxygens (including phenoxy) is 2. The van der Waals surface area contributed by atoms with Gasteiger partial charge in [0.05, 0.1) is 18.8 Å². The minimum absolute atomic E-state index is 0.0720. The molecule has 1 atom stereocenters. The van der Waals surface area contributed by atoms with Gasteiger partial charge in [0.25, 0.3) is 0 Å². The Morgan fingerprint density at radius 2 is 1.94 bits per heavy atom. The van der Waals surface area contributed by atoms with Crippen molar-refractivity contribution < 1.29 is 14.3 Å². The Morgan fingerprint density at radius 3 is 2.31 bits per heavy atom. The van der Waals surface area contributed by atoms with Crippen LogP contribution in [0, 0.1) is 0 Å². The summed E-state index contributed by atoms with van der Waals surface area (Å²) in [5, 5.41) is 3.38. The maximum atomic E-state index is 11.5. The third kappa shape index (κ3) is 8.97. The van der Waals surface area contributed by atoms with Gasteiger partial charge in [0.15, 0.2) is 0 Å². The number of rotatable bonds is 5. The summed E-state index contributed by atoms with van der Waals surface area (Å²) in [5.41, 5.74) is -0.472. The highest BCUT2D eigenvalue weighted by Gasteiger charge is 2.19. The van der Waals surface area contributed by atoms with Gasteiger partial charge in [-0.3, -0.25) is 0 Å². The lowest BCUT2D eigenvalue weighted by molar-refractivity contribution is 0.0381. The summed E-state index contributed by atoms with van der Waals surface area (Å²) in [6.45, 7) is 9.89. The Balaban J connectivity index is 3.97. The van der Waals surface area contributed by atoms with Gasteiger partial charge in [0, 0.05) is 5.33 Å². The van der Waals surface area contributed by atoms with Crippen LogP contribution >= 0.6 is 15.9 Å². The lowest BCUT2D eigenvalue weighted by Crippen LogP contribution is -2.42. The third-order valence-electron chi connectivity index (χ3n) is 1.54. The molecule has 0 aromatic carbocycles. The van der Waals surface area contributed by atoms with E-state index in [1.807, 2.05) is 34.6 Å². The Kier molecular flexibility index (Phi) is 6.99. The molecule has 0 aliphatic heterocycles. The Hall–Kier alpha value is -0.290. The molecule has 0 aromatic rings. The molecule has 5 heteroatoms. The average Bonchev–Trinajstić information content (AvgIpc) is 2.08. The first-order chi connectivity index (χ1) is 7.24. The van der Waals surface area contributed by atoms with Gasteiger partial charge in [-0.2, -0.15) is 0 Å². The number of halogens is 1. The fourth-order valence-electron chi connectivity index (χ4n) is 0.908. The summed E-state index contributed by atoms with van der Waals surface area (Å²) in [7, 11) is 0. The molecule has 0 radical (unpaired) electrons. The Labute approximate surface area is 106 Å². The van der Waals surface area contributed by atoms with E-state index in [9.17, 15) is 4.79 Å². The van der Waals surface area contributed by atoms with Crippen LogP contribution in [0.2, 0.25) is 0 Å². The van der Waals surface area contributed by atoms with Crippen molar-refractivity contribution in [1.82, 2.24) is 5.32 Å². The van der Waals surface area contributed by atoms with Crippen molar-refractivity contribution in [1.29, 1.82) is 0 Å². The largest absolute Gasteiger partial charge is 0.444 e. The average molecular weight is 296 g/mol. The molecular weight excluding hydrogens is 274 g/mol. The van der Waals surface area contributed by atoms with Crippen LogP contribution in [0.15, 0.2) is 0 Å². The van der Waals surface area contributed by atoms with Gasteiger partial charge >= 0.3 is 6.09 Å². The third-order valence-corrected chi connectivity index (χ3v) is 2.32. The molecule has 96 valence electrons. The summed E-state index contributed by atoms with van der Waals surface area (Å²) in [5.74, 6) is 0. The normalized spacial score (nSPS) is 13.7. The second-order valence-electron chi connectivity index (χ2n) is 4.88. The summed E-state index contributed by atoms with van der Waals surface area (Å²) >= 11 is 3.32. The number of alkyl halides is 1. The molecule has 0 aliphatic rings. The first-order valence-electron chi connectivity index (χ1n) is 5.41. The number of amides is 1. The molecule has 1 N–H and O–H groups in total. The molecule has 4 nitrogen and oxygen atoms in total. The maximum Gasteiger partial charge on any atom is 0.407 e. The van der Waals surface area contributed by atoms with E-state index in [-0.39, 0.29) is 12.1 Å². The molecule has 1 amide bonds. The first-order valence-corrected chi connectivity index (χ1v) is 6.54. The zero-order valence-corrected chi connectivity index (χ0v) is 12.3. The lowest BCUT2D eigenvalue weighted by Gasteiger charge is -2.23. The van der Waals surface area contributed by atoms with Crippen LogP contribution in [0.5, 0.6) is 0 Å². The number of hydrogen-bond acceptors (Lipinski definition) is 3. The highest BCUT2D eigenvalue weighted by atomic mass is 79.9. The molecule has 0 aliphatic carbocycles. The van der Waals surface area contributed by atoms with Crippen molar-refractivity contribution in [2.24, 2.45) is 0 Å². The van der Waals surface area contributed by atoms with Gasteiger partial charge in [0.2, 0.25) is 0 Å². The second-order valence-corrected chi connectivity index (χ2v) is 5.53. The van der Waals surface area contributed by atoms with Crippen molar-refractivity contribution in [3.05, 3.63) is 0 Å². The van der Waals surface area contributed by atoms with E-state index in [1.165, 1.54) is 0 Å². The molecule has 0 fully saturated rings. The van der Waals surface area contributed by atoms with Gasteiger partial charge in [-0.25, -0.2) is 4.79 Å². The fraction of sp³-hybridized carbons (Fsp3) is 0.909. The highest BCUT2D eigenvalue weighted by molar-refractivity contribution is 9.09. The van der Waals surface area contributed by atoms with Gasteiger partial charge in [-0.1, -0.05) is 15.9 Å². The van der Waals surface area contributed by atoms with E-state index in [1.54, 1.807) is 0 Å². The van der Waals surface area contributed by atoms with Crippen molar-refractivity contribution in [2.45, 2.75) is 52.4 Å². The highest BCUT2D eigenvalue weighted by Crippen LogP contribution is 2.07. The molecule has 0 saturated carbocycles. The van der Waals surface area contributed by atoms with Crippen LogP contribution in [0.4, 0.5) is 4.79 Å². The first kappa shape index (κ1) is 15.7. The fourth-order valence-corrected chi connectivity index (χ4v) is 1.26. The van der Waals surface area contributed by atoms with Crippen molar-refractivity contribution in [2.75, 3.05) is 11.9 Å². The van der Waals surface area contributed by atoms with E-state index in [4.69, 9.17) is 9.47 Å². The minimum Gasteiger partial charge on any atom is -0.444 e. The summed E-state index contributed by atoms with van der Waals surface area (Å²) in [6.07, 6.45) is -0.258. The molecule has 0 rings (SSSR count). The Bertz CT molecular complexity index is 214. The van der Waals surface area contributed by atoms with E-state index in [0.717, 1.165) is 0 Å². The molecule has 0 saturated heterocycles. The molecule has 0 spiro atoms. The van der Waals surface area contributed by atoms with Crippen LogP contribution < -0.4 is 5.32 Å². The monoisotopic (exact) mass is 295 g/mol. The zero-order chi connectivity index (χ0) is 12.8. The van der Waals surface area contributed by atoms with Gasteiger partial charge in [-0.15, -0.1) is 0 Å². The van der Waals surface area contributed by atoms with Crippen LogP contribution in [-0.2, 0) is 9.47 Å². The van der Waals surface area contributed by atoms with Gasteiger partial charge < -0.3 is 14.8 Å². The van der Waals surface area contributed by atoms with E-state index in [0.29, 0.717) is 11.9 Å². The molecule has 0 heterocycles. The zero-order valence-electron chi connectivity index (χ0n) is 10.7. The minimum atomic E-state index is -0.472. The standard InChI is InChI=1S/C11H22BrNO3/c1-8(2)15-7-9(6-12)13-10(14)16-11(3,4)5/h8-9H,6-7H2,1-5H3,(H,13,14)/t9-/m1/s1. The summed E-state index contributed by atoms with van der Waals surface area (Å²) < 4.78 is 10.6. The topological polar surface area (TPSA) is 47.6 Å². The van der Waals surface area contributed by atoms with Crippen LogP contribution in [0.1, 0.15) is 34.6 Å². The number of carbonyl (C=O) groups excluding carboxylic acids is 1. The van der Waals surface area contributed by atoms with E-state index >= 15 is 0 Å². The predicted molar refractivity (Wildman–Crippen MR) is 68.0 cm³/mol. The SMILES string of the molecule is CC(C)OC[C@@H](CBr)NC(=O)OC(C)(C)C. The number of alkyl carbamates (subject to hydrolysis) is 1. The van der Waals surface area contributed by atoms with Gasteiger partial charge in [-0.05, 0) is 34.6 Å². The second kappa shape index (κ2) is 7.12. The molecule has 0 aromatic heterocycles. The molecule has 0 bridgehead atoms. The smallest absolute Gasteiger partial charge is 0.407 e. The number of hydrogen-bond donors (Lipinski definition) is 1. The predicted octanol–water partition coefficient (Wildman–Crippen LogP) is 2.70. The summed E-state index contributed by atoms with van der Waals surface area (Å²) in [6, 6.07) is -0.0720. The van der Waals surface area contributed by atoms with Crippen LogP contribution in [0.25, 0.3) is 0 Å². The lowest BCUT2D eigenvalue weighted by atomic mass is 10.2. The number of carbonyl (C=O) groups is 1. The molecular formula is C11H22BrNO3. The van der Waals surface area contributed by atoms with Gasteiger partial charge in [0.1, 0.15) is 5.60 Å². The quantitative estimate of drug-likeness (QED) is 0.794. The number of nitrogens with one attached hydrogen (secondary N) is 1. The Morgan fingerprint density at radius 1 is 1.38 bits per heavy atom.